The number of carbonyl (C=O) groups is 1. The lowest BCUT2D eigenvalue weighted by molar-refractivity contribution is -0.133. The van der Waals surface area contributed by atoms with Crippen molar-refractivity contribution in [2.45, 2.75) is 104 Å². The average Bonchev–Trinajstić information content (AvgIpc) is 3.33. The van der Waals surface area contributed by atoms with Gasteiger partial charge in [0.05, 0.1) is 23.9 Å². The van der Waals surface area contributed by atoms with Gasteiger partial charge in [-0.1, -0.05) is 6.92 Å². The van der Waals surface area contributed by atoms with Crippen LogP contribution in [0.4, 0.5) is 0 Å². The van der Waals surface area contributed by atoms with Crippen LogP contribution in [0.1, 0.15) is 103 Å². The van der Waals surface area contributed by atoms with E-state index in [1.165, 1.54) is 38.5 Å². The van der Waals surface area contributed by atoms with E-state index < -0.39 is 5.60 Å². The fourth-order valence-corrected chi connectivity index (χ4v) is 9.55. The highest BCUT2D eigenvalue weighted by Gasteiger charge is 2.58. The lowest BCUT2D eigenvalue weighted by Gasteiger charge is -2.56. The standard InChI is InChI=1S/C29H43N3O2/c1-17-13-20-15-32(31-27(20)18(2)30-17)16-26(33)25-8-7-24-23-6-5-19-14-28(3,34)11-9-21(19)22(23)10-12-29(24,25)4/h13,15,18-19,21-25,30,34H,5-12,14,16H2,1-4H3/t18?,19-,21+,22-,23-,24+,25-,28-,29?/m1/s1. The Morgan fingerprint density at radius 1 is 1.12 bits per heavy atom. The molecule has 1 aromatic rings. The minimum atomic E-state index is -0.448. The molecule has 4 saturated carbocycles. The highest BCUT2D eigenvalue weighted by atomic mass is 16.3. The second-order valence-corrected chi connectivity index (χ2v) is 13.2. The SMILES string of the molecule is CC1=Cc2cn(CC(=O)[C@H]3CC[C@H]4[C@@H]5CC[C@@H]6C[C@](C)(O)CC[C@@H]6[C@H]5CCC34C)nc2C(C)N1. The van der Waals surface area contributed by atoms with Crippen LogP contribution in [0.25, 0.3) is 6.08 Å². The lowest BCUT2D eigenvalue weighted by atomic mass is 9.49. The van der Waals surface area contributed by atoms with Crippen molar-refractivity contribution in [2.24, 2.45) is 40.9 Å². The Bertz CT molecular complexity index is 1010. The molecule has 2 N–H and O–H groups in total. The van der Waals surface area contributed by atoms with E-state index in [0.717, 1.165) is 54.0 Å². The Kier molecular flexibility index (Phi) is 5.33. The first-order valence-electron chi connectivity index (χ1n) is 13.9. The number of aromatic nitrogens is 2. The van der Waals surface area contributed by atoms with Crippen molar-refractivity contribution < 1.29 is 9.90 Å². The summed E-state index contributed by atoms with van der Waals surface area (Å²) in [6.45, 7) is 9.13. The topological polar surface area (TPSA) is 67.2 Å². The van der Waals surface area contributed by atoms with Crippen molar-refractivity contribution in [2.75, 3.05) is 0 Å². The number of hydrogen-bond acceptors (Lipinski definition) is 4. The molecular formula is C29H43N3O2. The summed E-state index contributed by atoms with van der Waals surface area (Å²) < 4.78 is 1.90. The number of rotatable bonds is 3. The third-order valence-corrected chi connectivity index (χ3v) is 11.0. The highest BCUT2D eigenvalue weighted by molar-refractivity contribution is 5.82. The molecule has 6 rings (SSSR count). The summed E-state index contributed by atoms with van der Waals surface area (Å²) in [4.78, 5) is 13.7. The molecule has 5 heteroatoms. The van der Waals surface area contributed by atoms with Gasteiger partial charge < -0.3 is 10.4 Å². The number of ketones is 1. The maximum Gasteiger partial charge on any atom is 0.157 e. The minimum Gasteiger partial charge on any atom is -0.390 e. The van der Waals surface area contributed by atoms with Crippen molar-refractivity contribution >= 4 is 11.9 Å². The largest absolute Gasteiger partial charge is 0.390 e. The van der Waals surface area contributed by atoms with Crippen LogP contribution >= 0.6 is 0 Å². The van der Waals surface area contributed by atoms with Gasteiger partial charge in [-0.05, 0) is 120 Å². The molecule has 0 aromatic carbocycles. The van der Waals surface area contributed by atoms with Gasteiger partial charge >= 0.3 is 0 Å². The number of Topliss-reactive ketones (excluding diaryl/α,β-unsaturated/α-hetero) is 1. The normalized spacial score (nSPS) is 45.3. The molecule has 186 valence electrons. The van der Waals surface area contributed by atoms with Gasteiger partial charge in [0, 0.05) is 23.4 Å². The second-order valence-electron chi connectivity index (χ2n) is 13.2. The Morgan fingerprint density at radius 3 is 2.74 bits per heavy atom. The molecule has 0 amide bonds. The average molecular weight is 466 g/mol. The molecule has 1 aliphatic heterocycles. The van der Waals surface area contributed by atoms with Gasteiger partial charge in [0.15, 0.2) is 5.78 Å². The number of aliphatic hydroxyl groups is 1. The van der Waals surface area contributed by atoms with Crippen LogP contribution in [-0.4, -0.2) is 26.3 Å². The van der Waals surface area contributed by atoms with Gasteiger partial charge in [-0.2, -0.15) is 5.10 Å². The molecule has 5 nitrogen and oxygen atoms in total. The van der Waals surface area contributed by atoms with Gasteiger partial charge in [-0.25, -0.2) is 0 Å². The van der Waals surface area contributed by atoms with Gasteiger partial charge in [0.25, 0.3) is 0 Å². The van der Waals surface area contributed by atoms with Gasteiger partial charge in [-0.3, -0.25) is 9.48 Å². The van der Waals surface area contributed by atoms with Crippen molar-refractivity contribution in [1.82, 2.24) is 15.1 Å². The quantitative estimate of drug-likeness (QED) is 0.619. The number of allylic oxidation sites excluding steroid dienone is 1. The molecule has 2 heterocycles. The Balaban J connectivity index is 1.17. The Morgan fingerprint density at radius 2 is 1.91 bits per heavy atom. The zero-order valence-electron chi connectivity index (χ0n) is 21.5. The molecule has 0 spiro atoms. The summed E-state index contributed by atoms with van der Waals surface area (Å²) in [7, 11) is 0. The van der Waals surface area contributed by atoms with E-state index in [9.17, 15) is 9.90 Å². The predicted molar refractivity (Wildman–Crippen MR) is 134 cm³/mol. The maximum atomic E-state index is 13.7. The van der Waals surface area contributed by atoms with E-state index in [4.69, 9.17) is 5.10 Å². The van der Waals surface area contributed by atoms with Crippen molar-refractivity contribution in [3.8, 4) is 0 Å². The second kappa shape index (κ2) is 7.94. The van der Waals surface area contributed by atoms with Crippen LogP contribution in [0, 0.1) is 40.9 Å². The molecule has 0 saturated heterocycles. The zero-order chi connectivity index (χ0) is 23.8. The van der Waals surface area contributed by atoms with Gasteiger partial charge in [0.1, 0.15) is 0 Å². The van der Waals surface area contributed by atoms with E-state index >= 15 is 0 Å². The molecule has 4 aliphatic carbocycles. The first kappa shape index (κ1) is 22.8. The van der Waals surface area contributed by atoms with E-state index in [2.05, 4.69) is 38.4 Å². The number of nitrogens with one attached hydrogen (secondary N) is 1. The molecule has 34 heavy (non-hydrogen) atoms. The van der Waals surface area contributed by atoms with Crippen LogP contribution in [0.5, 0.6) is 0 Å². The molecule has 5 aliphatic rings. The van der Waals surface area contributed by atoms with Gasteiger partial charge in [0.2, 0.25) is 0 Å². The van der Waals surface area contributed by atoms with Crippen LogP contribution in [0.15, 0.2) is 11.9 Å². The number of fused-ring (bicyclic) bond motifs is 6. The van der Waals surface area contributed by atoms with E-state index in [-0.39, 0.29) is 17.4 Å². The van der Waals surface area contributed by atoms with E-state index in [1.54, 1.807) is 0 Å². The third-order valence-electron chi connectivity index (χ3n) is 11.0. The fraction of sp³-hybridized carbons (Fsp3) is 0.793. The van der Waals surface area contributed by atoms with Crippen molar-refractivity contribution in [3.63, 3.8) is 0 Å². The van der Waals surface area contributed by atoms with Crippen molar-refractivity contribution in [3.05, 3.63) is 23.2 Å². The summed E-state index contributed by atoms with van der Waals surface area (Å²) in [5.74, 6) is 4.41. The summed E-state index contributed by atoms with van der Waals surface area (Å²) in [5.41, 5.74) is 3.07. The molecule has 4 fully saturated rings. The Hall–Kier alpha value is -1.62. The molecule has 0 radical (unpaired) electrons. The molecule has 9 atom stereocenters. The van der Waals surface area contributed by atoms with Crippen LogP contribution in [0.3, 0.4) is 0 Å². The van der Waals surface area contributed by atoms with Crippen LogP contribution in [-0.2, 0) is 11.3 Å². The fourth-order valence-electron chi connectivity index (χ4n) is 9.55. The first-order chi connectivity index (χ1) is 16.1. The smallest absolute Gasteiger partial charge is 0.157 e. The highest BCUT2D eigenvalue weighted by Crippen LogP contribution is 2.64. The van der Waals surface area contributed by atoms with Crippen LogP contribution < -0.4 is 5.32 Å². The molecule has 2 unspecified atom stereocenters. The summed E-state index contributed by atoms with van der Waals surface area (Å²) >= 11 is 0. The first-order valence-corrected chi connectivity index (χ1v) is 13.9. The van der Waals surface area contributed by atoms with Crippen molar-refractivity contribution in [1.29, 1.82) is 0 Å². The predicted octanol–water partition coefficient (Wildman–Crippen LogP) is 5.50. The van der Waals surface area contributed by atoms with E-state index in [0.29, 0.717) is 24.2 Å². The van der Waals surface area contributed by atoms with E-state index in [1.807, 2.05) is 11.6 Å². The zero-order valence-corrected chi connectivity index (χ0v) is 21.5. The minimum absolute atomic E-state index is 0.156. The van der Waals surface area contributed by atoms with Gasteiger partial charge in [-0.15, -0.1) is 0 Å². The molecule has 0 bridgehead atoms. The summed E-state index contributed by atoms with van der Waals surface area (Å²) in [6, 6.07) is 0.193. The summed E-state index contributed by atoms with van der Waals surface area (Å²) in [5, 5.41) is 18.9. The maximum absolute atomic E-state index is 13.7. The number of carbonyl (C=O) groups excluding carboxylic acids is 1. The Labute approximate surface area is 204 Å². The number of nitrogens with zero attached hydrogens (tertiary/aromatic N) is 2. The summed E-state index contributed by atoms with van der Waals surface area (Å²) in [6.07, 6.45) is 14.7. The number of hydrogen-bond donors (Lipinski definition) is 2. The molecule has 1 aromatic heterocycles. The monoisotopic (exact) mass is 465 g/mol. The lowest BCUT2D eigenvalue weighted by Crippen LogP contribution is -2.51. The molecular weight excluding hydrogens is 422 g/mol. The third kappa shape index (κ3) is 3.60. The van der Waals surface area contributed by atoms with Crippen LogP contribution in [0.2, 0.25) is 0 Å².